The number of hydrogen-bond acceptors (Lipinski definition) is 5. The Balaban J connectivity index is 1.66. The third kappa shape index (κ3) is 4.87. The molecule has 2 heterocycles. The zero-order valence-electron chi connectivity index (χ0n) is 16.3. The zero-order chi connectivity index (χ0) is 20.4. The van der Waals surface area contributed by atoms with E-state index in [1.165, 1.54) is 17.8 Å². The molecule has 0 N–H and O–H groups in total. The van der Waals surface area contributed by atoms with Crippen molar-refractivity contribution in [3.8, 4) is 0 Å². The molecule has 29 heavy (non-hydrogen) atoms. The molecule has 1 aromatic carbocycles. The minimum atomic E-state index is -0.558. The highest BCUT2D eigenvalue weighted by molar-refractivity contribution is 8.14. The minimum Gasteiger partial charge on any atom is -0.297 e. The molecule has 0 spiro atoms. The summed E-state index contributed by atoms with van der Waals surface area (Å²) in [6.45, 7) is 2.83. The number of carbonyl (C=O) groups is 2. The summed E-state index contributed by atoms with van der Waals surface area (Å²) in [4.78, 5) is 27.0. The number of ketones is 1. The third-order valence-electron chi connectivity index (χ3n) is 5.50. The highest BCUT2D eigenvalue weighted by Gasteiger charge is 2.41. The van der Waals surface area contributed by atoms with Crippen molar-refractivity contribution in [2.75, 3.05) is 13.1 Å². The van der Waals surface area contributed by atoms with Gasteiger partial charge in [0.1, 0.15) is 5.82 Å². The molecule has 152 valence electrons. The zero-order valence-corrected chi connectivity index (χ0v) is 18.0. The Bertz CT molecular complexity index is 921. The minimum absolute atomic E-state index is 0.0493. The second kappa shape index (κ2) is 8.94. The first-order valence-electron chi connectivity index (χ1n) is 9.95. The van der Waals surface area contributed by atoms with Gasteiger partial charge in [0.2, 0.25) is 0 Å². The number of halogens is 1. The largest absolute Gasteiger partial charge is 0.297 e. The Morgan fingerprint density at radius 2 is 2.03 bits per heavy atom. The van der Waals surface area contributed by atoms with Crippen LogP contribution in [0.1, 0.15) is 43.4 Å². The highest BCUT2D eigenvalue weighted by Crippen LogP contribution is 2.40. The van der Waals surface area contributed by atoms with E-state index < -0.39 is 6.04 Å². The molecular weight excluding hydrogens is 405 g/mol. The van der Waals surface area contributed by atoms with E-state index in [4.69, 9.17) is 0 Å². The maximum Gasteiger partial charge on any atom is 0.186 e. The van der Waals surface area contributed by atoms with Crippen LogP contribution in [0.2, 0.25) is 0 Å². The molecule has 0 radical (unpaired) electrons. The number of benzene rings is 1. The molecule has 2 aromatic rings. The summed E-state index contributed by atoms with van der Waals surface area (Å²) in [5.41, 5.74) is 2.70. The smallest absolute Gasteiger partial charge is 0.186 e. The van der Waals surface area contributed by atoms with Crippen LogP contribution in [0.15, 0.2) is 46.7 Å². The van der Waals surface area contributed by atoms with Crippen LogP contribution in [0, 0.1) is 11.7 Å². The second-order valence-corrected chi connectivity index (χ2v) is 9.89. The van der Waals surface area contributed by atoms with E-state index in [1.54, 1.807) is 36.5 Å². The van der Waals surface area contributed by atoms with Gasteiger partial charge in [0, 0.05) is 36.7 Å². The van der Waals surface area contributed by atoms with Crippen LogP contribution in [0.25, 0.3) is 6.08 Å². The molecule has 2 aliphatic rings. The maximum absolute atomic E-state index is 14.6. The molecule has 4 rings (SSSR count). The van der Waals surface area contributed by atoms with Crippen molar-refractivity contribution in [3.63, 3.8) is 0 Å². The number of thioether (sulfide) groups is 1. The molecule has 2 unspecified atom stereocenters. The molecule has 1 saturated carbocycles. The van der Waals surface area contributed by atoms with E-state index in [2.05, 4.69) is 22.4 Å². The summed E-state index contributed by atoms with van der Waals surface area (Å²) in [5, 5.41) is 4.30. The van der Waals surface area contributed by atoms with E-state index in [1.807, 2.05) is 5.38 Å². The lowest BCUT2D eigenvalue weighted by Crippen LogP contribution is -2.43. The third-order valence-corrected chi connectivity index (χ3v) is 7.35. The summed E-state index contributed by atoms with van der Waals surface area (Å²) in [6, 6.07) is 8.12. The van der Waals surface area contributed by atoms with E-state index in [0.717, 1.165) is 30.4 Å². The number of thiophene rings is 1. The fourth-order valence-corrected chi connectivity index (χ4v) is 5.50. The Hall–Kier alpha value is -1.76. The van der Waals surface area contributed by atoms with Crippen molar-refractivity contribution < 1.29 is 14.0 Å². The first-order valence-corrected chi connectivity index (χ1v) is 11.8. The number of Topliss-reactive ketones (excluding diaryl/α,β-unsaturated/α-hetero) is 1. The average molecular weight is 430 g/mol. The Morgan fingerprint density at radius 3 is 2.69 bits per heavy atom. The summed E-state index contributed by atoms with van der Waals surface area (Å²) in [7, 11) is 0. The topological polar surface area (TPSA) is 37.4 Å². The van der Waals surface area contributed by atoms with Crippen molar-refractivity contribution >= 4 is 40.1 Å². The van der Waals surface area contributed by atoms with Crippen LogP contribution >= 0.6 is 23.1 Å². The van der Waals surface area contributed by atoms with Gasteiger partial charge in [-0.25, -0.2) is 4.39 Å². The van der Waals surface area contributed by atoms with Crippen molar-refractivity contribution in [3.05, 3.63) is 63.6 Å². The Labute approximate surface area is 179 Å². The van der Waals surface area contributed by atoms with E-state index in [-0.39, 0.29) is 27.9 Å². The van der Waals surface area contributed by atoms with Gasteiger partial charge in [-0.3, -0.25) is 14.5 Å². The van der Waals surface area contributed by atoms with Crippen LogP contribution in [0.4, 0.5) is 4.39 Å². The van der Waals surface area contributed by atoms with Crippen LogP contribution in [0.3, 0.4) is 0 Å². The van der Waals surface area contributed by atoms with E-state index in [0.29, 0.717) is 18.7 Å². The molecule has 6 heteroatoms. The summed E-state index contributed by atoms with van der Waals surface area (Å²) in [6.07, 6.45) is 4.70. The molecule has 0 bridgehead atoms. The monoisotopic (exact) mass is 429 g/mol. The number of piperidine rings is 1. The van der Waals surface area contributed by atoms with Gasteiger partial charge >= 0.3 is 0 Å². The van der Waals surface area contributed by atoms with Crippen molar-refractivity contribution in [1.82, 2.24) is 4.90 Å². The number of nitrogens with zero attached hydrogens (tertiary/aromatic N) is 1. The lowest BCUT2D eigenvalue weighted by Gasteiger charge is -2.38. The molecule has 1 saturated heterocycles. The SMILES string of the molecule is CC(=O)SC1CCN(C(C(=O)C2CC2)c2ccccc2F)C/C1=C/c1ccsc1. The second-order valence-electron chi connectivity index (χ2n) is 7.73. The van der Waals surface area contributed by atoms with Gasteiger partial charge in [0.05, 0.1) is 6.04 Å². The van der Waals surface area contributed by atoms with Gasteiger partial charge in [0.25, 0.3) is 0 Å². The predicted octanol–water partition coefficient (Wildman–Crippen LogP) is 5.35. The molecular formula is C23H24FNO2S2. The molecule has 3 nitrogen and oxygen atoms in total. The maximum atomic E-state index is 14.6. The first kappa shape index (κ1) is 20.5. The van der Waals surface area contributed by atoms with Gasteiger partial charge in [-0.2, -0.15) is 11.3 Å². The number of rotatable bonds is 6. The standard InChI is InChI=1S/C23H24FNO2S2/c1-15(26)29-21-8-10-25(13-18(21)12-16-9-11-28-14-16)22(23(27)17-6-7-17)19-4-2-3-5-20(19)24/h2-5,9,11-12,14,17,21-22H,6-8,10,13H2,1H3/b18-12-. The highest BCUT2D eigenvalue weighted by atomic mass is 32.2. The molecule has 2 fully saturated rings. The molecule has 1 aliphatic heterocycles. The van der Waals surface area contributed by atoms with Crippen LogP contribution in [-0.4, -0.2) is 34.1 Å². The number of hydrogen-bond donors (Lipinski definition) is 0. The van der Waals surface area contributed by atoms with Crippen LogP contribution < -0.4 is 0 Å². The number of carbonyl (C=O) groups excluding carboxylic acids is 2. The van der Waals surface area contributed by atoms with Gasteiger partial charge in [0.15, 0.2) is 10.9 Å². The van der Waals surface area contributed by atoms with Crippen LogP contribution in [0.5, 0.6) is 0 Å². The lowest BCUT2D eigenvalue weighted by atomic mass is 9.93. The van der Waals surface area contributed by atoms with Gasteiger partial charge in [-0.05, 0) is 53.3 Å². The molecule has 1 aromatic heterocycles. The Kier molecular flexibility index (Phi) is 6.32. The van der Waals surface area contributed by atoms with E-state index >= 15 is 0 Å². The summed E-state index contributed by atoms with van der Waals surface area (Å²) < 4.78 is 14.6. The molecule has 2 atom stereocenters. The quantitative estimate of drug-likeness (QED) is 0.621. The van der Waals surface area contributed by atoms with Crippen molar-refractivity contribution in [2.45, 2.75) is 37.5 Å². The molecule has 1 aliphatic carbocycles. The fourth-order valence-electron chi connectivity index (χ4n) is 3.97. The first-order chi connectivity index (χ1) is 14.0. The van der Waals surface area contributed by atoms with Gasteiger partial charge in [-0.1, -0.05) is 36.0 Å². The van der Waals surface area contributed by atoms with Crippen LogP contribution in [-0.2, 0) is 9.59 Å². The Morgan fingerprint density at radius 1 is 1.24 bits per heavy atom. The lowest BCUT2D eigenvalue weighted by molar-refractivity contribution is -0.126. The predicted molar refractivity (Wildman–Crippen MR) is 117 cm³/mol. The van der Waals surface area contributed by atoms with E-state index in [9.17, 15) is 14.0 Å². The normalized spacial score (nSPS) is 22.6. The summed E-state index contributed by atoms with van der Waals surface area (Å²) in [5.74, 6) is -0.147. The average Bonchev–Trinajstić information content (AvgIpc) is 3.42. The molecule has 0 amide bonds. The van der Waals surface area contributed by atoms with Crippen molar-refractivity contribution in [1.29, 1.82) is 0 Å². The fraction of sp³-hybridized carbons (Fsp3) is 0.391. The summed E-state index contributed by atoms with van der Waals surface area (Å²) >= 11 is 2.99. The van der Waals surface area contributed by atoms with Gasteiger partial charge in [-0.15, -0.1) is 0 Å². The van der Waals surface area contributed by atoms with Gasteiger partial charge < -0.3 is 0 Å². The van der Waals surface area contributed by atoms with Crippen molar-refractivity contribution in [2.24, 2.45) is 5.92 Å². The number of likely N-dealkylation sites (tertiary alicyclic amines) is 1.